The second-order valence-electron chi connectivity index (χ2n) is 8.19. The summed E-state index contributed by atoms with van der Waals surface area (Å²) < 4.78 is 11.1. The molecule has 6 heteroatoms. The molecule has 27 heavy (non-hydrogen) atoms. The third-order valence-corrected chi connectivity index (χ3v) is 4.51. The van der Waals surface area contributed by atoms with Gasteiger partial charge in [-0.2, -0.15) is 0 Å². The molecular formula is C21H32N2O4. The van der Waals surface area contributed by atoms with Gasteiger partial charge in [0.15, 0.2) is 0 Å². The van der Waals surface area contributed by atoms with Crippen molar-refractivity contribution in [1.29, 1.82) is 0 Å². The first-order valence-corrected chi connectivity index (χ1v) is 9.58. The number of likely N-dealkylation sites (N-methyl/N-ethyl adjacent to an activating group) is 1. The number of carbonyl (C=O) groups is 2. The van der Waals surface area contributed by atoms with E-state index in [2.05, 4.69) is 0 Å². The normalized spacial score (nSPS) is 17.4. The van der Waals surface area contributed by atoms with E-state index in [1.165, 1.54) is 5.56 Å². The quantitative estimate of drug-likeness (QED) is 0.789. The number of aryl methyl sites for hydroxylation is 1. The largest absolute Gasteiger partial charge is 0.492 e. The summed E-state index contributed by atoms with van der Waals surface area (Å²) in [5.41, 5.74) is 0.652. The van der Waals surface area contributed by atoms with Crippen LogP contribution in [0.4, 0.5) is 4.79 Å². The number of hydrogen-bond donors (Lipinski definition) is 0. The topological polar surface area (TPSA) is 59.1 Å². The first-order valence-electron chi connectivity index (χ1n) is 9.58. The molecule has 1 unspecified atom stereocenters. The molecule has 150 valence electrons. The Labute approximate surface area is 162 Å². The minimum atomic E-state index is -0.530. The Kier molecular flexibility index (Phi) is 7.11. The minimum Gasteiger partial charge on any atom is -0.492 e. The summed E-state index contributed by atoms with van der Waals surface area (Å²) in [6.07, 6.45) is 1.26. The number of rotatable bonds is 5. The fourth-order valence-electron chi connectivity index (χ4n) is 3.03. The summed E-state index contributed by atoms with van der Waals surface area (Å²) in [6.45, 7) is 9.57. The molecule has 2 rings (SSSR count). The lowest BCUT2D eigenvalue weighted by atomic mass is 9.97. The third kappa shape index (κ3) is 6.77. The van der Waals surface area contributed by atoms with Crippen molar-refractivity contribution in [3.8, 4) is 5.75 Å². The van der Waals surface area contributed by atoms with Gasteiger partial charge in [0.25, 0.3) is 0 Å². The van der Waals surface area contributed by atoms with E-state index in [1.54, 1.807) is 16.8 Å². The van der Waals surface area contributed by atoms with Crippen LogP contribution in [0.2, 0.25) is 0 Å². The van der Waals surface area contributed by atoms with Crippen LogP contribution in [0.3, 0.4) is 0 Å². The predicted octanol–water partition coefficient (Wildman–Crippen LogP) is 3.48. The monoisotopic (exact) mass is 376 g/mol. The molecule has 1 fully saturated rings. The molecule has 1 aromatic rings. The Hall–Kier alpha value is -2.24. The molecule has 0 N–H and O–H groups in total. The van der Waals surface area contributed by atoms with Crippen LogP contribution in [0, 0.1) is 12.8 Å². The number of nitrogens with zero attached hydrogens (tertiary/aromatic N) is 2. The van der Waals surface area contributed by atoms with Crippen LogP contribution in [0.25, 0.3) is 0 Å². The van der Waals surface area contributed by atoms with Crippen molar-refractivity contribution >= 4 is 12.0 Å². The molecule has 0 bridgehead atoms. The van der Waals surface area contributed by atoms with Gasteiger partial charge in [-0.15, -0.1) is 0 Å². The van der Waals surface area contributed by atoms with Gasteiger partial charge in [-0.1, -0.05) is 17.7 Å². The van der Waals surface area contributed by atoms with E-state index in [9.17, 15) is 9.59 Å². The molecule has 1 saturated heterocycles. The average molecular weight is 376 g/mol. The fraction of sp³-hybridized carbons (Fsp3) is 0.619. The maximum Gasteiger partial charge on any atom is 0.410 e. The Bertz CT molecular complexity index is 637. The molecule has 1 aliphatic rings. The Morgan fingerprint density at radius 2 is 1.89 bits per heavy atom. The van der Waals surface area contributed by atoms with Crippen molar-refractivity contribution in [2.24, 2.45) is 5.92 Å². The van der Waals surface area contributed by atoms with Crippen LogP contribution in [0.5, 0.6) is 5.75 Å². The molecule has 0 aromatic heterocycles. The van der Waals surface area contributed by atoms with Gasteiger partial charge in [0, 0.05) is 20.1 Å². The molecule has 1 aromatic carbocycles. The van der Waals surface area contributed by atoms with Crippen molar-refractivity contribution < 1.29 is 19.1 Å². The van der Waals surface area contributed by atoms with E-state index in [0.717, 1.165) is 18.6 Å². The van der Waals surface area contributed by atoms with Gasteiger partial charge in [-0.25, -0.2) is 4.79 Å². The van der Waals surface area contributed by atoms with Crippen LogP contribution in [0.1, 0.15) is 39.2 Å². The standard InChI is InChI=1S/C21H32N2O4/c1-16-8-10-18(11-9-16)26-14-13-22(5)19(24)17-7-6-12-23(15-17)20(25)27-21(2,3)4/h8-11,17H,6-7,12-15H2,1-5H3. The second kappa shape index (κ2) is 9.11. The van der Waals surface area contributed by atoms with Crippen LogP contribution in [0.15, 0.2) is 24.3 Å². The summed E-state index contributed by atoms with van der Waals surface area (Å²) in [5, 5.41) is 0. The van der Waals surface area contributed by atoms with Gasteiger partial charge in [-0.3, -0.25) is 4.79 Å². The third-order valence-electron chi connectivity index (χ3n) is 4.51. The summed E-state index contributed by atoms with van der Waals surface area (Å²) >= 11 is 0. The van der Waals surface area contributed by atoms with Crippen LogP contribution < -0.4 is 4.74 Å². The lowest BCUT2D eigenvalue weighted by molar-refractivity contribution is -0.136. The van der Waals surface area contributed by atoms with Crippen molar-refractivity contribution in [2.75, 3.05) is 33.3 Å². The highest BCUT2D eigenvalue weighted by Crippen LogP contribution is 2.21. The summed E-state index contributed by atoms with van der Waals surface area (Å²) in [5.74, 6) is 0.668. The first-order chi connectivity index (χ1) is 12.7. The first kappa shape index (κ1) is 21.1. The highest BCUT2D eigenvalue weighted by molar-refractivity contribution is 5.80. The number of ether oxygens (including phenoxy) is 2. The van der Waals surface area contributed by atoms with E-state index < -0.39 is 5.60 Å². The maximum absolute atomic E-state index is 12.7. The van der Waals surface area contributed by atoms with Crippen LogP contribution in [-0.2, 0) is 9.53 Å². The molecule has 0 saturated carbocycles. The summed E-state index contributed by atoms with van der Waals surface area (Å²) in [6, 6.07) is 7.85. The SMILES string of the molecule is Cc1ccc(OCCN(C)C(=O)C2CCCN(C(=O)OC(C)(C)C)C2)cc1. The second-order valence-corrected chi connectivity index (χ2v) is 8.19. The lowest BCUT2D eigenvalue weighted by Crippen LogP contribution is -2.47. The molecule has 1 atom stereocenters. The molecular weight excluding hydrogens is 344 g/mol. The lowest BCUT2D eigenvalue weighted by Gasteiger charge is -2.35. The van der Waals surface area contributed by atoms with Gasteiger partial charge in [0.05, 0.1) is 12.5 Å². The molecule has 0 aliphatic carbocycles. The van der Waals surface area contributed by atoms with Crippen molar-refractivity contribution in [1.82, 2.24) is 9.80 Å². The molecule has 1 heterocycles. The zero-order chi connectivity index (χ0) is 20.0. The summed E-state index contributed by atoms with van der Waals surface area (Å²) in [4.78, 5) is 28.3. The summed E-state index contributed by atoms with van der Waals surface area (Å²) in [7, 11) is 1.78. The van der Waals surface area contributed by atoms with Crippen LogP contribution >= 0.6 is 0 Å². The number of amides is 2. The number of likely N-dealkylation sites (tertiary alicyclic amines) is 1. The molecule has 6 nitrogen and oxygen atoms in total. The Morgan fingerprint density at radius 3 is 2.52 bits per heavy atom. The van der Waals surface area contributed by atoms with Gasteiger partial charge >= 0.3 is 6.09 Å². The Morgan fingerprint density at radius 1 is 1.22 bits per heavy atom. The minimum absolute atomic E-state index is 0.0516. The van der Waals surface area contributed by atoms with Crippen molar-refractivity contribution in [3.05, 3.63) is 29.8 Å². The van der Waals surface area contributed by atoms with E-state index in [1.807, 2.05) is 52.0 Å². The van der Waals surface area contributed by atoms with E-state index in [-0.39, 0.29) is 17.9 Å². The predicted molar refractivity (Wildman–Crippen MR) is 105 cm³/mol. The molecule has 2 amide bonds. The number of carbonyl (C=O) groups excluding carboxylic acids is 2. The number of piperidine rings is 1. The van der Waals surface area contributed by atoms with Gasteiger partial charge in [-0.05, 0) is 52.7 Å². The van der Waals surface area contributed by atoms with E-state index in [4.69, 9.17) is 9.47 Å². The van der Waals surface area contributed by atoms with Gasteiger partial charge < -0.3 is 19.3 Å². The van der Waals surface area contributed by atoms with Gasteiger partial charge in [0.2, 0.25) is 5.91 Å². The van der Waals surface area contributed by atoms with Crippen LogP contribution in [-0.4, -0.2) is 60.7 Å². The number of hydrogen-bond acceptors (Lipinski definition) is 4. The van der Waals surface area contributed by atoms with E-state index >= 15 is 0 Å². The molecule has 1 aliphatic heterocycles. The van der Waals surface area contributed by atoms with Crippen molar-refractivity contribution in [3.63, 3.8) is 0 Å². The zero-order valence-corrected chi connectivity index (χ0v) is 17.2. The maximum atomic E-state index is 12.7. The van der Waals surface area contributed by atoms with Crippen molar-refractivity contribution in [2.45, 2.75) is 46.1 Å². The highest BCUT2D eigenvalue weighted by Gasteiger charge is 2.32. The average Bonchev–Trinajstić information content (AvgIpc) is 2.61. The van der Waals surface area contributed by atoms with Gasteiger partial charge in [0.1, 0.15) is 18.0 Å². The molecule has 0 radical (unpaired) electrons. The highest BCUT2D eigenvalue weighted by atomic mass is 16.6. The Balaban J connectivity index is 1.80. The zero-order valence-electron chi connectivity index (χ0n) is 17.2. The molecule has 0 spiro atoms. The van der Waals surface area contributed by atoms with E-state index in [0.29, 0.717) is 26.2 Å². The number of benzene rings is 1. The smallest absolute Gasteiger partial charge is 0.410 e. The fourth-order valence-corrected chi connectivity index (χ4v) is 3.03.